The van der Waals surface area contributed by atoms with Crippen molar-refractivity contribution in [2.75, 3.05) is 5.32 Å². The van der Waals surface area contributed by atoms with Crippen LogP contribution in [0.5, 0.6) is 0 Å². The number of rotatable bonds is 4. The molecule has 0 saturated carbocycles. The second-order valence-corrected chi connectivity index (χ2v) is 3.86. The summed E-state index contributed by atoms with van der Waals surface area (Å²) in [6.45, 7) is 0.905. The van der Waals surface area contributed by atoms with Gasteiger partial charge in [0.2, 0.25) is 0 Å². The fraction of sp³-hybridized carbons (Fsp3) is 0.154. The Morgan fingerprint density at radius 1 is 1.11 bits per heavy atom. The molecule has 3 nitrogen and oxygen atoms in total. The van der Waals surface area contributed by atoms with Crippen LogP contribution in [-0.2, 0) is 13.1 Å². The highest BCUT2D eigenvalue weighted by Crippen LogP contribution is 2.13. The van der Waals surface area contributed by atoms with Crippen LogP contribution < -0.4 is 11.1 Å². The third-order valence-electron chi connectivity index (χ3n) is 2.53. The fourth-order valence-electron chi connectivity index (χ4n) is 1.52. The topological polar surface area (TPSA) is 50.9 Å². The smallest absolute Gasteiger partial charge is 0.168 e. The highest BCUT2D eigenvalue weighted by molar-refractivity contribution is 5.37. The van der Waals surface area contributed by atoms with Crippen molar-refractivity contribution in [3.63, 3.8) is 0 Å². The molecule has 0 fully saturated rings. The molecule has 0 amide bonds. The van der Waals surface area contributed by atoms with E-state index in [1.807, 2.05) is 24.3 Å². The van der Waals surface area contributed by atoms with Crippen LogP contribution in [-0.4, -0.2) is 4.98 Å². The molecule has 0 aliphatic rings. The van der Waals surface area contributed by atoms with Crippen molar-refractivity contribution in [1.29, 1.82) is 0 Å². The summed E-state index contributed by atoms with van der Waals surface area (Å²) in [4.78, 5) is 3.65. The average molecular weight is 249 g/mol. The van der Waals surface area contributed by atoms with Gasteiger partial charge in [0, 0.05) is 19.2 Å². The number of nitrogens with zero attached hydrogens (tertiary/aromatic N) is 1. The number of pyridine rings is 1. The molecule has 0 spiro atoms. The van der Waals surface area contributed by atoms with Gasteiger partial charge in [-0.05, 0) is 11.1 Å². The molecule has 18 heavy (non-hydrogen) atoms. The van der Waals surface area contributed by atoms with Gasteiger partial charge in [-0.25, -0.2) is 13.8 Å². The fourth-order valence-corrected chi connectivity index (χ4v) is 1.52. The van der Waals surface area contributed by atoms with Crippen LogP contribution in [0, 0.1) is 11.6 Å². The van der Waals surface area contributed by atoms with Crippen LogP contribution in [0.2, 0.25) is 0 Å². The molecular weight excluding hydrogens is 236 g/mol. The number of anilines is 1. The molecule has 0 unspecified atom stereocenters. The van der Waals surface area contributed by atoms with E-state index in [9.17, 15) is 8.78 Å². The van der Waals surface area contributed by atoms with Crippen molar-refractivity contribution >= 4 is 5.82 Å². The molecule has 0 bridgehead atoms. The van der Waals surface area contributed by atoms with E-state index in [4.69, 9.17) is 5.73 Å². The van der Waals surface area contributed by atoms with Gasteiger partial charge in [0.25, 0.3) is 0 Å². The molecule has 2 rings (SSSR count). The lowest BCUT2D eigenvalue weighted by molar-refractivity contribution is 0.575. The minimum Gasteiger partial charge on any atom is -0.364 e. The van der Waals surface area contributed by atoms with Crippen LogP contribution in [0.25, 0.3) is 0 Å². The zero-order valence-electron chi connectivity index (χ0n) is 9.66. The van der Waals surface area contributed by atoms with Gasteiger partial charge < -0.3 is 11.1 Å². The van der Waals surface area contributed by atoms with Gasteiger partial charge in [-0.2, -0.15) is 0 Å². The van der Waals surface area contributed by atoms with Crippen LogP contribution in [0.4, 0.5) is 14.6 Å². The van der Waals surface area contributed by atoms with Crippen molar-refractivity contribution in [2.24, 2.45) is 5.73 Å². The van der Waals surface area contributed by atoms with Gasteiger partial charge in [-0.1, -0.05) is 24.3 Å². The Hall–Kier alpha value is -2.01. The Kier molecular flexibility index (Phi) is 3.84. The van der Waals surface area contributed by atoms with Gasteiger partial charge in [0.05, 0.1) is 6.20 Å². The van der Waals surface area contributed by atoms with Crippen molar-refractivity contribution in [3.05, 3.63) is 59.3 Å². The monoisotopic (exact) mass is 249 g/mol. The first kappa shape index (κ1) is 12.4. The van der Waals surface area contributed by atoms with E-state index < -0.39 is 11.6 Å². The van der Waals surface area contributed by atoms with Crippen LogP contribution in [0.15, 0.2) is 36.5 Å². The predicted octanol–water partition coefficient (Wildman–Crippen LogP) is 2.43. The van der Waals surface area contributed by atoms with E-state index in [1.165, 1.54) is 0 Å². The molecule has 1 heterocycles. The highest BCUT2D eigenvalue weighted by atomic mass is 19.1. The number of halogens is 2. The molecule has 0 atom stereocenters. The lowest BCUT2D eigenvalue weighted by Crippen LogP contribution is -2.04. The Balaban J connectivity index is 2.02. The lowest BCUT2D eigenvalue weighted by Gasteiger charge is -2.07. The maximum atomic E-state index is 13.3. The number of benzene rings is 1. The standard InChI is InChI=1S/C13H13F2N3/c14-11-5-12(15)13(18-8-11)17-7-10-3-1-9(6-16)2-4-10/h1-5,8H,6-7,16H2,(H,17,18). The highest BCUT2D eigenvalue weighted by Gasteiger charge is 2.04. The molecule has 0 radical (unpaired) electrons. The first-order valence-corrected chi connectivity index (χ1v) is 5.52. The zero-order valence-corrected chi connectivity index (χ0v) is 9.66. The summed E-state index contributed by atoms with van der Waals surface area (Å²) in [6, 6.07) is 8.41. The zero-order chi connectivity index (χ0) is 13.0. The summed E-state index contributed by atoms with van der Waals surface area (Å²) in [6.07, 6.45) is 0.975. The quantitative estimate of drug-likeness (QED) is 0.875. The SMILES string of the molecule is NCc1ccc(CNc2ncc(F)cc2F)cc1. The predicted molar refractivity (Wildman–Crippen MR) is 65.8 cm³/mol. The average Bonchev–Trinajstić information content (AvgIpc) is 2.38. The number of nitrogens with two attached hydrogens (primary N) is 1. The molecule has 94 valence electrons. The van der Waals surface area contributed by atoms with Gasteiger partial charge in [-0.3, -0.25) is 0 Å². The number of aromatic nitrogens is 1. The molecule has 0 aliphatic heterocycles. The van der Waals surface area contributed by atoms with Gasteiger partial charge in [0.1, 0.15) is 5.82 Å². The largest absolute Gasteiger partial charge is 0.364 e. The van der Waals surface area contributed by atoms with Gasteiger partial charge >= 0.3 is 0 Å². The number of hydrogen-bond acceptors (Lipinski definition) is 3. The van der Waals surface area contributed by atoms with Crippen molar-refractivity contribution in [3.8, 4) is 0 Å². The van der Waals surface area contributed by atoms with E-state index in [0.717, 1.165) is 23.4 Å². The van der Waals surface area contributed by atoms with Gasteiger partial charge in [0.15, 0.2) is 11.6 Å². The Labute approximate surface area is 104 Å². The molecule has 3 N–H and O–H groups in total. The minimum atomic E-state index is -0.700. The van der Waals surface area contributed by atoms with E-state index in [0.29, 0.717) is 13.1 Å². The van der Waals surface area contributed by atoms with Crippen molar-refractivity contribution in [1.82, 2.24) is 4.98 Å². The Morgan fingerprint density at radius 3 is 2.39 bits per heavy atom. The maximum Gasteiger partial charge on any atom is 0.168 e. The summed E-state index contributed by atoms with van der Waals surface area (Å²) in [5.41, 5.74) is 7.49. The second-order valence-electron chi connectivity index (χ2n) is 3.86. The summed E-state index contributed by atoms with van der Waals surface area (Å²) in [7, 11) is 0. The summed E-state index contributed by atoms with van der Waals surface area (Å²) >= 11 is 0. The van der Waals surface area contributed by atoms with E-state index in [1.54, 1.807) is 0 Å². The van der Waals surface area contributed by atoms with E-state index >= 15 is 0 Å². The van der Waals surface area contributed by atoms with Gasteiger partial charge in [-0.15, -0.1) is 0 Å². The summed E-state index contributed by atoms with van der Waals surface area (Å²) in [5.74, 6) is -1.35. The maximum absolute atomic E-state index is 13.3. The molecular formula is C13H13F2N3. The van der Waals surface area contributed by atoms with Crippen molar-refractivity contribution in [2.45, 2.75) is 13.1 Å². The number of nitrogens with one attached hydrogen (secondary N) is 1. The Bertz CT molecular complexity index is 526. The van der Waals surface area contributed by atoms with Crippen LogP contribution in [0.3, 0.4) is 0 Å². The van der Waals surface area contributed by atoms with E-state index in [-0.39, 0.29) is 5.82 Å². The number of hydrogen-bond donors (Lipinski definition) is 2. The second kappa shape index (κ2) is 5.55. The third kappa shape index (κ3) is 3.01. The van der Waals surface area contributed by atoms with Crippen LogP contribution >= 0.6 is 0 Å². The first-order valence-electron chi connectivity index (χ1n) is 5.52. The molecule has 5 heteroatoms. The molecule has 2 aromatic rings. The first-order chi connectivity index (χ1) is 8.69. The third-order valence-corrected chi connectivity index (χ3v) is 2.53. The molecule has 0 aliphatic carbocycles. The molecule has 1 aromatic heterocycles. The minimum absolute atomic E-state index is 0.0410. The molecule has 1 aromatic carbocycles. The lowest BCUT2D eigenvalue weighted by atomic mass is 10.1. The van der Waals surface area contributed by atoms with Crippen molar-refractivity contribution < 1.29 is 8.78 Å². The summed E-state index contributed by atoms with van der Waals surface area (Å²) < 4.78 is 25.9. The summed E-state index contributed by atoms with van der Waals surface area (Å²) in [5, 5.41) is 2.81. The van der Waals surface area contributed by atoms with E-state index in [2.05, 4.69) is 10.3 Å². The molecule has 0 saturated heterocycles. The Morgan fingerprint density at radius 2 is 1.78 bits per heavy atom. The normalized spacial score (nSPS) is 10.4. The van der Waals surface area contributed by atoms with Crippen LogP contribution in [0.1, 0.15) is 11.1 Å².